The van der Waals surface area contributed by atoms with Gasteiger partial charge in [0.25, 0.3) is 0 Å². The molecular weight excluding hydrogens is 1000 g/mol. The van der Waals surface area contributed by atoms with E-state index in [1.165, 1.54) is 250 Å². The van der Waals surface area contributed by atoms with Crippen molar-refractivity contribution in [3.05, 3.63) is 0 Å². The maximum atomic E-state index is 13.0. The molecule has 78 heavy (non-hydrogen) atoms. The van der Waals surface area contributed by atoms with Gasteiger partial charge < -0.3 is 24.2 Å². The summed E-state index contributed by atoms with van der Waals surface area (Å²) in [7, 11) is -4.74. The van der Waals surface area contributed by atoms with E-state index in [4.69, 9.17) is 23.3 Å². The van der Waals surface area contributed by atoms with Gasteiger partial charge in [0.1, 0.15) is 12.7 Å². The summed E-state index contributed by atoms with van der Waals surface area (Å²) in [5, 5.41) is 9.85. The third kappa shape index (κ3) is 59.1. The molecule has 3 unspecified atom stereocenters. The molecular formula is C66H129O11P. The maximum absolute atomic E-state index is 13.0. The Hall–Kier alpha value is -1.52. The average molecular weight is 1130 g/mol. The van der Waals surface area contributed by atoms with Crippen LogP contribution in [0, 0.1) is 0 Å². The van der Waals surface area contributed by atoms with E-state index >= 15 is 0 Å². The topological polar surface area (TPSA) is 155 Å². The number of hydrogen-bond acceptors (Lipinski definition) is 10. The van der Waals surface area contributed by atoms with Crippen molar-refractivity contribution in [3.63, 3.8) is 0 Å². The predicted molar refractivity (Wildman–Crippen MR) is 326 cm³/mol. The number of aliphatic hydroxyl groups excluding tert-OH is 1. The van der Waals surface area contributed by atoms with Crippen LogP contribution in [0.3, 0.4) is 0 Å². The average Bonchev–Trinajstić information content (AvgIpc) is 3.43. The first-order chi connectivity index (χ1) is 38.2. The van der Waals surface area contributed by atoms with Crippen LogP contribution in [0.5, 0.6) is 0 Å². The molecule has 0 spiro atoms. The molecule has 0 fully saturated rings. The number of unbranched alkanes of at least 4 members (excludes halogenated alkanes) is 48. The second kappa shape index (κ2) is 61.5. The largest absolute Gasteiger partial charge is 0.472 e. The van der Waals surface area contributed by atoms with Crippen molar-refractivity contribution in [1.82, 2.24) is 0 Å². The summed E-state index contributed by atoms with van der Waals surface area (Å²) in [6, 6.07) is 0. The summed E-state index contributed by atoms with van der Waals surface area (Å²) in [6.45, 7) is 4.76. The van der Waals surface area contributed by atoms with E-state index in [1.807, 2.05) is 0 Å². The molecule has 0 saturated heterocycles. The number of hydrogen-bond donors (Lipinski definition) is 2. The Labute approximate surface area is 482 Å². The molecule has 3 atom stereocenters. The van der Waals surface area contributed by atoms with Crippen molar-refractivity contribution in [2.24, 2.45) is 0 Å². The van der Waals surface area contributed by atoms with Crippen LogP contribution < -0.4 is 0 Å². The van der Waals surface area contributed by atoms with Gasteiger partial charge in [-0.25, -0.2) is 4.57 Å². The highest BCUT2D eigenvalue weighted by Gasteiger charge is 2.28. The number of esters is 3. The molecule has 0 aromatic heterocycles. The van der Waals surface area contributed by atoms with E-state index in [2.05, 4.69) is 20.8 Å². The number of carbonyl (C=O) groups is 3. The standard InChI is InChI=1S/C66H129O11P/c1-4-7-10-13-16-19-22-25-27-29-31-33-35-38-40-43-46-49-52-55-64(68)73-59-63(77-66(70)57-54-51-48-45-42-39-36-34-32-30-28-26-23-20-17-14-11-8-5-2)61-75-78(71,72)74-60-62(58-67)76-65(69)56-53-50-47-44-41-37-24-21-18-15-12-9-6-3/h62-63,67H,4-61H2,1-3H3,(H,71,72). The minimum absolute atomic E-state index is 0.179. The summed E-state index contributed by atoms with van der Waals surface area (Å²) in [6.07, 6.45) is 62.0. The fourth-order valence-corrected chi connectivity index (χ4v) is 11.1. The molecule has 0 aromatic carbocycles. The fourth-order valence-electron chi connectivity index (χ4n) is 10.4. The van der Waals surface area contributed by atoms with Gasteiger partial charge in [-0.3, -0.25) is 23.4 Å². The van der Waals surface area contributed by atoms with Crippen LogP contribution in [0.4, 0.5) is 0 Å². The van der Waals surface area contributed by atoms with Crippen molar-refractivity contribution < 1.29 is 52.2 Å². The Balaban J connectivity index is 4.61. The van der Waals surface area contributed by atoms with E-state index in [0.717, 1.165) is 57.8 Å². The summed E-state index contributed by atoms with van der Waals surface area (Å²) in [4.78, 5) is 48.8. The number of carbonyl (C=O) groups excluding carboxylic acids is 3. The van der Waals surface area contributed by atoms with Gasteiger partial charge in [-0.1, -0.05) is 329 Å². The number of aliphatic hydroxyl groups is 1. The number of rotatable bonds is 65. The van der Waals surface area contributed by atoms with E-state index in [1.54, 1.807) is 0 Å². The lowest BCUT2D eigenvalue weighted by Gasteiger charge is -2.21. The molecule has 2 N–H and O–H groups in total. The molecule has 12 heteroatoms. The summed E-state index contributed by atoms with van der Waals surface area (Å²) in [5.41, 5.74) is 0. The summed E-state index contributed by atoms with van der Waals surface area (Å²) >= 11 is 0. The molecule has 0 aliphatic rings. The molecule has 0 bridgehead atoms. The van der Waals surface area contributed by atoms with Gasteiger partial charge in [0, 0.05) is 19.3 Å². The molecule has 0 amide bonds. The molecule has 0 heterocycles. The normalized spacial score (nSPS) is 13.1. The van der Waals surface area contributed by atoms with Crippen molar-refractivity contribution >= 4 is 25.7 Å². The first-order valence-electron chi connectivity index (χ1n) is 33.9. The zero-order valence-electron chi connectivity index (χ0n) is 51.7. The van der Waals surface area contributed by atoms with Crippen LogP contribution in [0.25, 0.3) is 0 Å². The highest BCUT2D eigenvalue weighted by atomic mass is 31.2. The van der Waals surface area contributed by atoms with Crippen molar-refractivity contribution in [2.75, 3.05) is 26.4 Å². The Bertz CT molecular complexity index is 1320. The third-order valence-corrected chi connectivity index (χ3v) is 16.5. The molecule has 0 aliphatic carbocycles. The molecule has 464 valence electrons. The molecule has 0 rings (SSSR count). The summed E-state index contributed by atoms with van der Waals surface area (Å²) < 4.78 is 39.8. The second-order valence-corrected chi connectivity index (χ2v) is 24.8. The van der Waals surface area contributed by atoms with Gasteiger partial charge in [0.15, 0.2) is 6.10 Å². The summed E-state index contributed by atoms with van der Waals surface area (Å²) in [5.74, 6) is -1.42. The van der Waals surface area contributed by atoms with Gasteiger partial charge in [-0.05, 0) is 19.3 Å². The zero-order chi connectivity index (χ0) is 56.9. The third-order valence-electron chi connectivity index (χ3n) is 15.5. The van der Waals surface area contributed by atoms with Crippen LogP contribution >= 0.6 is 7.82 Å². The SMILES string of the molecule is CCCCCCCCCCCCCCCCCCCCCC(=O)OCC(COP(=O)(O)OCC(CO)OC(=O)CCCCCCCCCCCCCCC)OC(=O)CCCCCCCCCCCCCCCCCCCCC. The highest BCUT2D eigenvalue weighted by molar-refractivity contribution is 7.47. The van der Waals surface area contributed by atoms with Crippen LogP contribution in [-0.4, -0.2) is 66.5 Å². The highest BCUT2D eigenvalue weighted by Crippen LogP contribution is 2.43. The van der Waals surface area contributed by atoms with Gasteiger partial charge in [0.2, 0.25) is 0 Å². The molecule has 11 nitrogen and oxygen atoms in total. The molecule has 0 aliphatic heterocycles. The van der Waals surface area contributed by atoms with E-state index in [9.17, 15) is 28.9 Å². The van der Waals surface area contributed by atoms with Crippen molar-refractivity contribution in [1.29, 1.82) is 0 Å². The van der Waals surface area contributed by atoms with Crippen LogP contribution in [0.15, 0.2) is 0 Å². The van der Waals surface area contributed by atoms with E-state index in [-0.39, 0.29) is 25.9 Å². The Morgan fingerprint density at radius 3 is 0.756 bits per heavy atom. The molecule has 0 saturated carbocycles. The quantitative estimate of drug-likeness (QED) is 0.0259. The van der Waals surface area contributed by atoms with Gasteiger partial charge in [-0.15, -0.1) is 0 Å². The van der Waals surface area contributed by atoms with E-state index in [0.29, 0.717) is 19.3 Å². The lowest BCUT2D eigenvalue weighted by molar-refractivity contribution is -0.161. The molecule has 0 radical (unpaired) electrons. The fraction of sp³-hybridized carbons (Fsp3) is 0.955. The van der Waals surface area contributed by atoms with Crippen molar-refractivity contribution in [3.8, 4) is 0 Å². The smallest absolute Gasteiger partial charge is 0.462 e. The van der Waals surface area contributed by atoms with Gasteiger partial charge in [0.05, 0.1) is 19.8 Å². The first kappa shape index (κ1) is 76.5. The van der Waals surface area contributed by atoms with Gasteiger partial charge >= 0.3 is 25.7 Å². The second-order valence-electron chi connectivity index (χ2n) is 23.4. The lowest BCUT2D eigenvalue weighted by Crippen LogP contribution is -2.30. The first-order valence-corrected chi connectivity index (χ1v) is 35.4. The molecule has 0 aromatic rings. The van der Waals surface area contributed by atoms with Crippen molar-refractivity contribution in [2.45, 2.75) is 380 Å². The predicted octanol–water partition coefficient (Wildman–Crippen LogP) is 20.6. The number of ether oxygens (including phenoxy) is 3. The Morgan fingerprint density at radius 1 is 0.308 bits per heavy atom. The Morgan fingerprint density at radius 2 is 0.513 bits per heavy atom. The van der Waals surface area contributed by atoms with E-state index < -0.39 is 57.8 Å². The van der Waals surface area contributed by atoms with Crippen LogP contribution in [0.2, 0.25) is 0 Å². The van der Waals surface area contributed by atoms with Gasteiger partial charge in [-0.2, -0.15) is 0 Å². The maximum Gasteiger partial charge on any atom is 0.472 e. The monoisotopic (exact) mass is 1130 g/mol. The van der Waals surface area contributed by atoms with Crippen LogP contribution in [-0.2, 0) is 42.2 Å². The zero-order valence-corrected chi connectivity index (χ0v) is 52.6. The lowest BCUT2D eigenvalue weighted by atomic mass is 10.0. The minimum Gasteiger partial charge on any atom is -0.462 e. The number of phosphoric ester groups is 1. The Kier molecular flexibility index (Phi) is 60.3. The van der Waals surface area contributed by atoms with Crippen LogP contribution in [0.1, 0.15) is 367 Å². The number of phosphoric acid groups is 1. The minimum atomic E-state index is -4.74.